The topological polar surface area (TPSA) is 105 Å². The third kappa shape index (κ3) is 5.16. The van der Waals surface area contributed by atoms with Gasteiger partial charge in [0.25, 0.3) is 0 Å². The number of hydrogen-bond acceptors (Lipinski definition) is 5. The highest BCUT2D eigenvalue weighted by atomic mass is 16.6. The van der Waals surface area contributed by atoms with Crippen LogP contribution in [-0.2, 0) is 14.3 Å². The number of carboxylic acids is 1. The summed E-state index contributed by atoms with van der Waals surface area (Å²) in [5, 5.41) is 12.3. The van der Waals surface area contributed by atoms with Crippen LogP contribution >= 0.6 is 0 Å². The van der Waals surface area contributed by atoms with Crippen LogP contribution < -0.4 is 5.32 Å². The molecule has 34 heavy (non-hydrogen) atoms. The Labute approximate surface area is 198 Å². The van der Waals surface area contributed by atoms with E-state index in [-0.39, 0.29) is 32.0 Å². The summed E-state index contributed by atoms with van der Waals surface area (Å²) in [5.74, 6) is -1.92. The van der Waals surface area contributed by atoms with Crippen molar-refractivity contribution in [1.29, 1.82) is 0 Å². The van der Waals surface area contributed by atoms with Crippen LogP contribution in [0.4, 0.5) is 9.59 Å². The minimum Gasteiger partial charge on any atom is -0.481 e. The number of ether oxygens (including phenoxy) is 2. The summed E-state index contributed by atoms with van der Waals surface area (Å²) in [7, 11) is 0. The molecule has 1 fully saturated rings. The lowest BCUT2D eigenvalue weighted by Gasteiger charge is -2.36. The van der Waals surface area contributed by atoms with Crippen molar-refractivity contribution >= 4 is 18.2 Å². The maximum Gasteiger partial charge on any atom is 0.409 e. The lowest BCUT2D eigenvalue weighted by molar-refractivity contribution is -0.143. The molecule has 1 aliphatic carbocycles. The predicted octanol–water partition coefficient (Wildman–Crippen LogP) is 4.24. The van der Waals surface area contributed by atoms with E-state index in [4.69, 9.17) is 9.47 Å². The Kier molecular flexibility index (Phi) is 6.50. The van der Waals surface area contributed by atoms with Gasteiger partial charge in [0.2, 0.25) is 0 Å². The van der Waals surface area contributed by atoms with Gasteiger partial charge in [0, 0.05) is 19.0 Å². The Bertz CT molecular complexity index is 1050. The highest BCUT2D eigenvalue weighted by molar-refractivity contribution is 5.79. The van der Waals surface area contributed by atoms with E-state index >= 15 is 0 Å². The van der Waals surface area contributed by atoms with E-state index in [0.29, 0.717) is 0 Å². The number of carbonyl (C=O) groups excluding carboxylic acids is 2. The van der Waals surface area contributed by atoms with E-state index in [2.05, 4.69) is 17.4 Å². The van der Waals surface area contributed by atoms with Crippen molar-refractivity contribution in [2.75, 3.05) is 19.7 Å². The second-order valence-electron chi connectivity index (χ2n) is 9.82. The van der Waals surface area contributed by atoms with Crippen molar-refractivity contribution in [3.63, 3.8) is 0 Å². The van der Waals surface area contributed by atoms with Crippen LogP contribution in [0.3, 0.4) is 0 Å². The van der Waals surface area contributed by atoms with Gasteiger partial charge in [0.05, 0.1) is 12.0 Å². The van der Waals surface area contributed by atoms with Gasteiger partial charge in [-0.1, -0.05) is 48.5 Å². The fourth-order valence-corrected chi connectivity index (χ4v) is 4.69. The fourth-order valence-electron chi connectivity index (χ4n) is 4.69. The predicted molar refractivity (Wildman–Crippen MR) is 126 cm³/mol. The number of carboxylic acid groups (broad SMARTS) is 1. The zero-order valence-corrected chi connectivity index (χ0v) is 19.6. The highest BCUT2D eigenvalue weighted by Crippen LogP contribution is 2.44. The first-order valence-electron chi connectivity index (χ1n) is 11.4. The van der Waals surface area contributed by atoms with Crippen molar-refractivity contribution in [3.05, 3.63) is 59.7 Å². The first kappa shape index (κ1) is 23.6. The SMILES string of the molecule is CC(C)(C)OC(=O)N[C@H]1C[C@@H](C(=O)O)CN(C(=O)OCC2c3ccccc3-c3ccccc32)C1. The molecular weight excluding hydrogens is 436 g/mol. The minimum atomic E-state index is -1.02. The number of rotatable bonds is 4. The molecule has 8 nitrogen and oxygen atoms in total. The first-order chi connectivity index (χ1) is 16.1. The maximum absolute atomic E-state index is 13.0. The number of piperidine rings is 1. The zero-order chi connectivity index (χ0) is 24.5. The van der Waals surface area contributed by atoms with Crippen LogP contribution in [-0.4, -0.2) is 59.5 Å². The molecule has 0 spiro atoms. The van der Waals surface area contributed by atoms with E-state index in [1.165, 1.54) is 4.90 Å². The summed E-state index contributed by atoms with van der Waals surface area (Å²) in [6, 6.07) is 15.6. The number of benzene rings is 2. The van der Waals surface area contributed by atoms with Crippen LogP contribution in [0.25, 0.3) is 11.1 Å². The number of alkyl carbamates (subject to hydrolysis) is 1. The van der Waals surface area contributed by atoms with Gasteiger partial charge in [0.15, 0.2) is 0 Å². The molecule has 1 saturated heterocycles. The van der Waals surface area contributed by atoms with Gasteiger partial charge in [-0.3, -0.25) is 4.79 Å². The molecule has 2 atom stereocenters. The second-order valence-corrected chi connectivity index (χ2v) is 9.82. The number of nitrogens with one attached hydrogen (secondary N) is 1. The van der Waals surface area contributed by atoms with E-state index < -0.39 is 35.7 Å². The molecule has 1 heterocycles. The second kappa shape index (κ2) is 9.37. The van der Waals surface area contributed by atoms with Crippen molar-refractivity contribution in [1.82, 2.24) is 10.2 Å². The quantitative estimate of drug-likeness (QED) is 0.699. The summed E-state index contributed by atoms with van der Waals surface area (Å²) >= 11 is 0. The van der Waals surface area contributed by atoms with Gasteiger partial charge in [-0.2, -0.15) is 0 Å². The average molecular weight is 467 g/mol. The summed E-state index contributed by atoms with van der Waals surface area (Å²) in [6.45, 7) is 5.56. The number of amides is 2. The molecule has 8 heteroatoms. The van der Waals surface area contributed by atoms with Gasteiger partial charge in [-0.05, 0) is 49.4 Å². The van der Waals surface area contributed by atoms with Gasteiger partial charge in [-0.25, -0.2) is 9.59 Å². The third-order valence-electron chi connectivity index (χ3n) is 6.11. The molecule has 2 N–H and O–H groups in total. The van der Waals surface area contributed by atoms with E-state index in [1.807, 2.05) is 36.4 Å². The lowest BCUT2D eigenvalue weighted by atomic mass is 9.94. The molecule has 0 unspecified atom stereocenters. The number of fused-ring (bicyclic) bond motifs is 3. The van der Waals surface area contributed by atoms with Gasteiger partial charge < -0.3 is 24.8 Å². The molecule has 0 saturated carbocycles. The summed E-state index contributed by atoms with van der Waals surface area (Å²) in [4.78, 5) is 38.2. The van der Waals surface area contributed by atoms with Crippen LogP contribution in [0.2, 0.25) is 0 Å². The Hall–Kier alpha value is -3.55. The molecule has 4 rings (SSSR count). The van der Waals surface area contributed by atoms with Gasteiger partial charge >= 0.3 is 18.2 Å². The fraction of sp³-hybridized carbons (Fsp3) is 0.423. The molecule has 0 radical (unpaired) electrons. The maximum atomic E-state index is 13.0. The summed E-state index contributed by atoms with van der Waals surface area (Å²) < 4.78 is 11.0. The van der Waals surface area contributed by atoms with E-state index in [1.54, 1.807) is 20.8 Å². The molecule has 2 aromatic carbocycles. The Morgan fingerprint density at radius 3 is 2.15 bits per heavy atom. The molecular formula is C26H30N2O6. The molecule has 2 aliphatic rings. The first-order valence-corrected chi connectivity index (χ1v) is 11.4. The smallest absolute Gasteiger partial charge is 0.409 e. The molecule has 2 amide bonds. The Morgan fingerprint density at radius 2 is 1.59 bits per heavy atom. The summed E-state index contributed by atoms with van der Waals surface area (Å²) in [5.41, 5.74) is 3.78. The Balaban J connectivity index is 1.44. The number of aliphatic carboxylic acids is 1. The number of nitrogens with zero attached hydrogens (tertiary/aromatic N) is 1. The average Bonchev–Trinajstić information content (AvgIpc) is 3.09. The standard InChI is InChI=1S/C26H30N2O6/c1-26(2,3)34-24(31)27-17-12-16(23(29)30)13-28(14-17)25(32)33-15-22-20-10-6-4-8-18(20)19-9-5-7-11-21(19)22/h4-11,16-17,22H,12-15H2,1-3H3,(H,27,31)(H,29,30)/t16-,17+/m1/s1. The van der Waals surface area contributed by atoms with Gasteiger partial charge in [0.1, 0.15) is 12.2 Å². The third-order valence-corrected chi connectivity index (χ3v) is 6.11. The van der Waals surface area contributed by atoms with Crippen LogP contribution in [0.5, 0.6) is 0 Å². The number of hydrogen-bond donors (Lipinski definition) is 2. The van der Waals surface area contributed by atoms with Crippen molar-refractivity contribution in [3.8, 4) is 11.1 Å². The van der Waals surface area contributed by atoms with Crippen molar-refractivity contribution in [2.45, 2.75) is 44.8 Å². The molecule has 0 aromatic heterocycles. The monoisotopic (exact) mass is 466 g/mol. The van der Waals surface area contributed by atoms with E-state index in [9.17, 15) is 19.5 Å². The van der Waals surface area contributed by atoms with Crippen molar-refractivity contribution in [2.24, 2.45) is 5.92 Å². The van der Waals surface area contributed by atoms with Crippen LogP contribution in [0.1, 0.15) is 44.2 Å². The summed E-state index contributed by atoms with van der Waals surface area (Å²) in [6.07, 6.45) is -1.03. The Morgan fingerprint density at radius 1 is 1.00 bits per heavy atom. The number of likely N-dealkylation sites (tertiary alicyclic amines) is 1. The van der Waals surface area contributed by atoms with Crippen LogP contribution in [0, 0.1) is 5.92 Å². The molecule has 180 valence electrons. The zero-order valence-electron chi connectivity index (χ0n) is 19.6. The lowest BCUT2D eigenvalue weighted by Crippen LogP contribution is -2.54. The highest BCUT2D eigenvalue weighted by Gasteiger charge is 2.37. The van der Waals surface area contributed by atoms with Crippen molar-refractivity contribution < 1.29 is 29.0 Å². The normalized spacial score (nSPS) is 19.7. The molecule has 2 aromatic rings. The van der Waals surface area contributed by atoms with Gasteiger partial charge in [-0.15, -0.1) is 0 Å². The number of carbonyl (C=O) groups is 3. The molecule has 1 aliphatic heterocycles. The largest absolute Gasteiger partial charge is 0.481 e. The van der Waals surface area contributed by atoms with E-state index in [0.717, 1.165) is 22.3 Å². The van der Waals surface area contributed by atoms with Crippen LogP contribution in [0.15, 0.2) is 48.5 Å². The molecule has 0 bridgehead atoms. The minimum absolute atomic E-state index is 0.0263.